The first-order valence-corrected chi connectivity index (χ1v) is 6.06. The normalized spacial score (nSPS) is 10.7. The maximum atomic E-state index is 5.77. The van der Waals surface area contributed by atoms with E-state index in [0.717, 1.165) is 34.4 Å². The fraction of sp³-hybridized carbons (Fsp3) is 0.545. The van der Waals surface area contributed by atoms with Crippen LogP contribution < -0.4 is 11.1 Å². The zero-order valence-electron chi connectivity index (χ0n) is 9.47. The number of nitrogens with one attached hydrogen (secondary N) is 1. The van der Waals surface area contributed by atoms with Gasteiger partial charge in [0.15, 0.2) is 0 Å². The smallest absolute Gasteiger partial charge is 0.140 e. The molecule has 1 rings (SSSR count). The van der Waals surface area contributed by atoms with E-state index >= 15 is 0 Å². The number of aromatic nitrogens is 1. The largest absolute Gasteiger partial charge is 0.397 e. The molecule has 1 heterocycles. The van der Waals surface area contributed by atoms with Crippen molar-refractivity contribution in [1.29, 1.82) is 0 Å². The van der Waals surface area contributed by atoms with Crippen LogP contribution in [0.25, 0.3) is 0 Å². The number of hydrogen-bond donors (Lipinski definition) is 2. The molecule has 0 aliphatic carbocycles. The van der Waals surface area contributed by atoms with Gasteiger partial charge in [-0.25, -0.2) is 4.98 Å². The van der Waals surface area contributed by atoms with Crippen molar-refractivity contribution in [3.8, 4) is 0 Å². The molecule has 0 aromatic carbocycles. The Bertz CT molecular complexity index is 335. The van der Waals surface area contributed by atoms with Crippen LogP contribution in [0.4, 0.5) is 11.5 Å². The van der Waals surface area contributed by atoms with Gasteiger partial charge in [0.25, 0.3) is 0 Å². The zero-order valence-corrected chi connectivity index (χ0v) is 11.1. The summed E-state index contributed by atoms with van der Waals surface area (Å²) in [5, 5.41) is 3.40. The molecule has 1 aromatic rings. The Labute approximate surface area is 99.6 Å². The topological polar surface area (TPSA) is 50.9 Å². The average molecular weight is 272 g/mol. The first-order valence-electron chi connectivity index (χ1n) is 5.27. The molecular formula is C11H18BrN3. The van der Waals surface area contributed by atoms with Gasteiger partial charge >= 0.3 is 0 Å². The van der Waals surface area contributed by atoms with E-state index in [1.807, 2.05) is 6.92 Å². The molecule has 1 aromatic heterocycles. The van der Waals surface area contributed by atoms with E-state index in [2.05, 4.69) is 40.1 Å². The van der Waals surface area contributed by atoms with Crippen molar-refractivity contribution in [2.75, 3.05) is 11.1 Å². The van der Waals surface area contributed by atoms with E-state index < -0.39 is 0 Å². The molecule has 0 amide bonds. The highest BCUT2D eigenvalue weighted by molar-refractivity contribution is 9.10. The van der Waals surface area contributed by atoms with Crippen molar-refractivity contribution in [2.45, 2.75) is 39.7 Å². The van der Waals surface area contributed by atoms with Crippen molar-refractivity contribution in [1.82, 2.24) is 4.98 Å². The second kappa shape index (κ2) is 5.35. The molecular weight excluding hydrogens is 254 g/mol. The molecule has 0 bridgehead atoms. The highest BCUT2D eigenvalue weighted by Crippen LogP contribution is 2.28. The Morgan fingerprint density at radius 1 is 1.47 bits per heavy atom. The Kier molecular flexibility index (Phi) is 4.39. The van der Waals surface area contributed by atoms with Gasteiger partial charge < -0.3 is 11.1 Å². The molecule has 3 nitrogen and oxygen atoms in total. The Balaban J connectivity index is 2.91. The first-order chi connectivity index (χ1) is 7.10. The third-order valence-corrected chi connectivity index (χ3v) is 3.60. The predicted molar refractivity (Wildman–Crippen MR) is 69.1 cm³/mol. The predicted octanol–water partition coefficient (Wildman–Crippen LogP) is 3.34. The van der Waals surface area contributed by atoms with Crippen LogP contribution >= 0.6 is 15.9 Å². The minimum absolute atomic E-state index is 0.469. The fourth-order valence-corrected chi connectivity index (χ4v) is 1.82. The molecule has 15 heavy (non-hydrogen) atoms. The molecule has 0 spiro atoms. The lowest BCUT2D eigenvalue weighted by molar-refractivity contribution is 0.668. The van der Waals surface area contributed by atoms with Crippen LogP contribution in [0.3, 0.4) is 0 Å². The van der Waals surface area contributed by atoms with Crippen LogP contribution in [0.2, 0.25) is 0 Å². The lowest BCUT2D eigenvalue weighted by Crippen LogP contribution is -2.18. The number of rotatable bonds is 4. The van der Waals surface area contributed by atoms with Gasteiger partial charge in [0.2, 0.25) is 0 Å². The number of nitrogens with two attached hydrogens (primary N) is 1. The molecule has 0 aliphatic rings. The van der Waals surface area contributed by atoms with Crippen LogP contribution in [0.5, 0.6) is 0 Å². The molecule has 84 valence electrons. The number of nitrogens with zero attached hydrogens (tertiary/aromatic N) is 1. The second-order valence-electron chi connectivity index (χ2n) is 3.66. The Morgan fingerprint density at radius 3 is 2.60 bits per heavy atom. The van der Waals surface area contributed by atoms with Crippen molar-refractivity contribution < 1.29 is 0 Å². The number of anilines is 2. The van der Waals surface area contributed by atoms with Crippen LogP contribution in [0.15, 0.2) is 10.7 Å². The van der Waals surface area contributed by atoms with Gasteiger partial charge in [0.05, 0.1) is 16.4 Å². The van der Waals surface area contributed by atoms with E-state index in [0.29, 0.717) is 6.04 Å². The van der Waals surface area contributed by atoms with Crippen LogP contribution in [0.1, 0.15) is 32.3 Å². The summed E-state index contributed by atoms with van der Waals surface area (Å²) < 4.78 is 0.967. The minimum Gasteiger partial charge on any atom is -0.397 e. The van der Waals surface area contributed by atoms with Crippen molar-refractivity contribution in [3.05, 3.63) is 16.2 Å². The Morgan fingerprint density at radius 2 is 2.07 bits per heavy atom. The maximum Gasteiger partial charge on any atom is 0.140 e. The minimum atomic E-state index is 0.469. The summed E-state index contributed by atoms with van der Waals surface area (Å²) in [6, 6.07) is 0.469. The summed E-state index contributed by atoms with van der Waals surface area (Å²) >= 11 is 3.51. The summed E-state index contributed by atoms with van der Waals surface area (Å²) in [4.78, 5) is 4.29. The van der Waals surface area contributed by atoms with E-state index in [-0.39, 0.29) is 0 Å². The third kappa shape index (κ3) is 2.84. The van der Waals surface area contributed by atoms with Crippen LogP contribution in [-0.4, -0.2) is 11.0 Å². The Hall–Kier alpha value is -0.770. The number of hydrogen-bond acceptors (Lipinski definition) is 3. The van der Waals surface area contributed by atoms with Gasteiger partial charge in [0, 0.05) is 6.04 Å². The van der Waals surface area contributed by atoms with Gasteiger partial charge in [-0.2, -0.15) is 0 Å². The standard InChI is InChI=1S/C11H18BrN3/c1-4-8(5-2)15-11-10(12)7(3)9(13)6-14-11/h6,8H,4-5,13H2,1-3H3,(H,14,15). The van der Waals surface area contributed by atoms with Gasteiger partial charge in [-0.15, -0.1) is 0 Å². The second-order valence-corrected chi connectivity index (χ2v) is 4.45. The number of halogens is 1. The molecule has 3 N–H and O–H groups in total. The summed E-state index contributed by atoms with van der Waals surface area (Å²) in [5.74, 6) is 0.885. The average Bonchev–Trinajstić information content (AvgIpc) is 2.25. The third-order valence-electron chi connectivity index (χ3n) is 2.63. The molecule has 4 heteroatoms. The van der Waals surface area contributed by atoms with Crippen molar-refractivity contribution in [3.63, 3.8) is 0 Å². The van der Waals surface area contributed by atoms with E-state index in [9.17, 15) is 0 Å². The number of pyridine rings is 1. The SMILES string of the molecule is CCC(CC)Nc1ncc(N)c(C)c1Br. The van der Waals surface area contributed by atoms with E-state index in [1.54, 1.807) is 6.20 Å². The summed E-state index contributed by atoms with van der Waals surface area (Å²) in [7, 11) is 0. The number of nitrogen functional groups attached to an aromatic ring is 1. The van der Waals surface area contributed by atoms with E-state index in [1.165, 1.54) is 0 Å². The lowest BCUT2D eigenvalue weighted by atomic mass is 10.1. The molecule has 0 aliphatic heterocycles. The molecule has 0 radical (unpaired) electrons. The molecule has 0 unspecified atom stereocenters. The van der Waals surface area contributed by atoms with Gasteiger partial charge in [-0.1, -0.05) is 13.8 Å². The summed E-state index contributed by atoms with van der Waals surface area (Å²) in [6.07, 6.45) is 3.88. The molecule has 0 saturated carbocycles. The highest BCUT2D eigenvalue weighted by atomic mass is 79.9. The maximum absolute atomic E-state index is 5.77. The summed E-state index contributed by atoms with van der Waals surface area (Å²) in [6.45, 7) is 6.32. The van der Waals surface area contributed by atoms with Crippen LogP contribution in [0, 0.1) is 6.92 Å². The van der Waals surface area contributed by atoms with Crippen molar-refractivity contribution >= 4 is 27.4 Å². The van der Waals surface area contributed by atoms with Crippen molar-refractivity contribution in [2.24, 2.45) is 0 Å². The van der Waals surface area contributed by atoms with Gasteiger partial charge in [0.1, 0.15) is 5.82 Å². The first kappa shape index (κ1) is 12.3. The molecule has 0 fully saturated rings. The highest BCUT2D eigenvalue weighted by Gasteiger charge is 2.10. The molecule has 0 atom stereocenters. The quantitative estimate of drug-likeness (QED) is 0.883. The van der Waals surface area contributed by atoms with Crippen LogP contribution in [-0.2, 0) is 0 Å². The molecule has 0 saturated heterocycles. The monoisotopic (exact) mass is 271 g/mol. The zero-order chi connectivity index (χ0) is 11.4. The summed E-state index contributed by atoms with van der Waals surface area (Å²) in [5.41, 5.74) is 7.52. The fourth-order valence-electron chi connectivity index (χ4n) is 1.38. The lowest BCUT2D eigenvalue weighted by Gasteiger charge is -2.17. The van der Waals surface area contributed by atoms with Gasteiger partial charge in [-0.05, 0) is 41.3 Å². The van der Waals surface area contributed by atoms with E-state index in [4.69, 9.17) is 5.73 Å². The van der Waals surface area contributed by atoms with Gasteiger partial charge in [-0.3, -0.25) is 0 Å².